The maximum absolute atomic E-state index is 13.8. The van der Waals surface area contributed by atoms with Gasteiger partial charge in [0.15, 0.2) is 5.96 Å². The highest BCUT2D eigenvalue weighted by Gasteiger charge is 2.13. The average Bonchev–Trinajstić information content (AvgIpc) is 2.50. The lowest BCUT2D eigenvalue weighted by molar-refractivity contribution is -0.0506. The van der Waals surface area contributed by atoms with E-state index in [0.29, 0.717) is 32.3 Å². The molecular weight excluding hydrogens is 311 g/mol. The summed E-state index contributed by atoms with van der Waals surface area (Å²) in [6.45, 7) is 2.88. The van der Waals surface area contributed by atoms with Crippen LogP contribution in [0.2, 0.25) is 0 Å². The molecule has 0 fully saturated rings. The van der Waals surface area contributed by atoms with Crippen LogP contribution in [0.25, 0.3) is 0 Å². The molecule has 8 heteroatoms. The Balaban J connectivity index is 2.77. The molecule has 0 saturated heterocycles. The standard InChI is InChI=1S/C15H22F3N3O2/c1-3-19-15(20-8-9-22-4-2)21-10-11-12(16)6-5-7-13(11)23-14(17)18/h5-7,14H,3-4,8-10H2,1-2H3,(H2,19,20,21). The van der Waals surface area contributed by atoms with Crippen LogP contribution in [0, 0.1) is 5.82 Å². The summed E-state index contributed by atoms with van der Waals surface area (Å²) in [7, 11) is 0. The molecular formula is C15H22F3N3O2. The normalized spacial score (nSPS) is 11.7. The molecule has 1 aromatic carbocycles. The number of ether oxygens (including phenoxy) is 2. The van der Waals surface area contributed by atoms with E-state index < -0.39 is 12.4 Å². The van der Waals surface area contributed by atoms with Crippen LogP contribution in [0.4, 0.5) is 13.2 Å². The highest BCUT2D eigenvalue weighted by molar-refractivity contribution is 5.79. The molecule has 0 aliphatic carbocycles. The van der Waals surface area contributed by atoms with Crippen LogP contribution in [-0.2, 0) is 11.3 Å². The first-order valence-corrected chi connectivity index (χ1v) is 7.40. The Kier molecular flexibility index (Phi) is 8.89. The summed E-state index contributed by atoms with van der Waals surface area (Å²) in [6.07, 6.45) is 0. The van der Waals surface area contributed by atoms with Crippen molar-refractivity contribution in [2.75, 3.05) is 26.3 Å². The van der Waals surface area contributed by atoms with Crippen LogP contribution in [0.15, 0.2) is 23.2 Å². The topological polar surface area (TPSA) is 54.9 Å². The largest absolute Gasteiger partial charge is 0.434 e. The summed E-state index contributed by atoms with van der Waals surface area (Å²) in [5.74, 6) is -0.413. The van der Waals surface area contributed by atoms with Crippen molar-refractivity contribution < 1.29 is 22.6 Å². The van der Waals surface area contributed by atoms with Crippen LogP contribution in [0.1, 0.15) is 19.4 Å². The van der Waals surface area contributed by atoms with Crippen LogP contribution in [-0.4, -0.2) is 38.9 Å². The molecule has 0 bridgehead atoms. The van der Waals surface area contributed by atoms with E-state index in [9.17, 15) is 13.2 Å². The van der Waals surface area contributed by atoms with Gasteiger partial charge in [0.25, 0.3) is 0 Å². The van der Waals surface area contributed by atoms with Gasteiger partial charge in [0, 0.05) is 19.7 Å². The van der Waals surface area contributed by atoms with Gasteiger partial charge in [-0.3, -0.25) is 0 Å². The van der Waals surface area contributed by atoms with Gasteiger partial charge >= 0.3 is 6.61 Å². The second-order valence-corrected chi connectivity index (χ2v) is 4.41. The Bertz CT molecular complexity index is 499. The lowest BCUT2D eigenvalue weighted by Gasteiger charge is -2.13. The third-order valence-electron chi connectivity index (χ3n) is 2.77. The van der Waals surface area contributed by atoms with Crippen LogP contribution in [0.3, 0.4) is 0 Å². The molecule has 0 amide bonds. The Morgan fingerprint density at radius 2 is 2.04 bits per heavy atom. The van der Waals surface area contributed by atoms with Crippen molar-refractivity contribution in [1.82, 2.24) is 10.6 Å². The number of hydrogen-bond acceptors (Lipinski definition) is 3. The van der Waals surface area contributed by atoms with Gasteiger partial charge in [0.1, 0.15) is 11.6 Å². The molecule has 2 N–H and O–H groups in total. The second kappa shape index (κ2) is 10.7. The van der Waals surface area contributed by atoms with Crippen molar-refractivity contribution in [3.05, 3.63) is 29.6 Å². The number of guanidine groups is 1. The fraction of sp³-hybridized carbons (Fsp3) is 0.533. The van der Waals surface area contributed by atoms with Crippen LogP contribution in [0.5, 0.6) is 5.75 Å². The quantitative estimate of drug-likeness (QED) is 0.414. The zero-order valence-electron chi connectivity index (χ0n) is 13.2. The zero-order chi connectivity index (χ0) is 17.1. The van der Waals surface area contributed by atoms with E-state index in [1.807, 2.05) is 13.8 Å². The molecule has 1 rings (SSSR count). The molecule has 5 nitrogen and oxygen atoms in total. The first-order chi connectivity index (χ1) is 11.1. The number of nitrogens with one attached hydrogen (secondary N) is 2. The highest BCUT2D eigenvalue weighted by Crippen LogP contribution is 2.24. The Morgan fingerprint density at radius 1 is 1.26 bits per heavy atom. The van der Waals surface area contributed by atoms with E-state index in [4.69, 9.17) is 4.74 Å². The molecule has 0 unspecified atom stereocenters. The minimum Gasteiger partial charge on any atom is -0.434 e. The number of rotatable bonds is 9. The molecule has 130 valence electrons. The van der Waals surface area contributed by atoms with Gasteiger partial charge in [-0.1, -0.05) is 6.07 Å². The smallest absolute Gasteiger partial charge is 0.387 e. The minimum atomic E-state index is -3.02. The Labute approximate surface area is 133 Å². The number of nitrogens with zero attached hydrogens (tertiary/aromatic N) is 1. The van der Waals surface area contributed by atoms with Gasteiger partial charge < -0.3 is 20.1 Å². The van der Waals surface area contributed by atoms with Crippen LogP contribution >= 0.6 is 0 Å². The summed E-state index contributed by atoms with van der Waals surface area (Å²) < 4.78 is 48.1. The second-order valence-electron chi connectivity index (χ2n) is 4.41. The molecule has 0 aliphatic rings. The molecule has 0 atom stereocenters. The minimum absolute atomic E-state index is 0.0187. The third kappa shape index (κ3) is 7.23. The van der Waals surface area contributed by atoms with Gasteiger partial charge in [-0.05, 0) is 26.0 Å². The molecule has 0 radical (unpaired) electrons. The maximum atomic E-state index is 13.8. The summed E-state index contributed by atoms with van der Waals surface area (Å²) in [6, 6.07) is 3.78. The van der Waals surface area contributed by atoms with Gasteiger partial charge in [-0.25, -0.2) is 9.38 Å². The number of aliphatic imine (C=N–C) groups is 1. The van der Waals surface area contributed by atoms with Crippen molar-refractivity contribution in [3.63, 3.8) is 0 Å². The summed E-state index contributed by atoms with van der Waals surface area (Å²) in [4.78, 5) is 4.18. The lowest BCUT2D eigenvalue weighted by atomic mass is 10.2. The number of benzene rings is 1. The van der Waals surface area contributed by atoms with E-state index in [-0.39, 0.29) is 17.9 Å². The molecule has 0 aromatic heterocycles. The predicted molar refractivity (Wildman–Crippen MR) is 82.3 cm³/mol. The van der Waals surface area contributed by atoms with Gasteiger partial charge in [0.2, 0.25) is 0 Å². The van der Waals surface area contributed by atoms with Crippen LogP contribution < -0.4 is 15.4 Å². The van der Waals surface area contributed by atoms with Gasteiger partial charge in [-0.2, -0.15) is 8.78 Å². The first-order valence-electron chi connectivity index (χ1n) is 7.40. The summed E-state index contributed by atoms with van der Waals surface area (Å²) in [5.41, 5.74) is -0.0187. The van der Waals surface area contributed by atoms with Crippen molar-refractivity contribution in [1.29, 1.82) is 0 Å². The van der Waals surface area contributed by atoms with Crippen molar-refractivity contribution in [2.24, 2.45) is 4.99 Å². The fourth-order valence-electron chi connectivity index (χ4n) is 1.78. The Hall–Kier alpha value is -1.96. The highest BCUT2D eigenvalue weighted by atomic mass is 19.3. The summed E-state index contributed by atoms with van der Waals surface area (Å²) >= 11 is 0. The predicted octanol–water partition coefficient (Wildman–Crippen LogP) is 2.52. The number of hydrogen-bond donors (Lipinski definition) is 2. The van der Waals surface area contributed by atoms with Crippen molar-refractivity contribution >= 4 is 5.96 Å². The van der Waals surface area contributed by atoms with E-state index >= 15 is 0 Å². The van der Waals surface area contributed by atoms with Gasteiger partial charge in [-0.15, -0.1) is 0 Å². The monoisotopic (exact) mass is 333 g/mol. The van der Waals surface area contributed by atoms with Gasteiger partial charge in [0.05, 0.1) is 18.7 Å². The van der Waals surface area contributed by atoms with Crippen molar-refractivity contribution in [2.45, 2.75) is 27.0 Å². The lowest BCUT2D eigenvalue weighted by Crippen LogP contribution is -2.39. The average molecular weight is 333 g/mol. The van der Waals surface area contributed by atoms with E-state index in [1.165, 1.54) is 18.2 Å². The number of halogens is 3. The van der Waals surface area contributed by atoms with E-state index in [2.05, 4.69) is 20.4 Å². The van der Waals surface area contributed by atoms with E-state index in [1.54, 1.807) is 0 Å². The molecule has 1 aromatic rings. The molecule has 0 heterocycles. The molecule has 23 heavy (non-hydrogen) atoms. The third-order valence-corrected chi connectivity index (χ3v) is 2.77. The zero-order valence-corrected chi connectivity index (χ0v) is 13.2. The molecule has 0 saturated carbocycles. The first kappa shape index (κ1) is 19.1. The van der Waals surface area contributed by atoms with E-state index in [0.717, 1.165) is 0 Å². The van der Waals surface area contributed by atoms with Crippen molar-refractivity contribution in [3.8, 4) is 5.75 Å². The SMILES string of the molecule is CCNC(=NCc1c(F)cccc1OC(F)F)NCCOCC. The summed E-state index contributed by atoms with van der Waals surface area (Å²) in [5, 5.41) is 5.99. The molecule has 0 spiro atoms. The fourth-order valence-corrected chi connectivity index (χ4v) is 1.78. The molecule has 0 aliphatic heterocycles. The number of alkyl halides is 2. The Morgan fingerprint density at radius 3 is 2.70 bits per heavy atom. The maximum Gasteiger partial charge on any atom is 0.387 e.